The first-order valence-electron chi connectivity index (χ1n) is 20.2. The van der Waals surface area contributed by atoms with Gasteiger partial charge in [-0.2, -0.15) is 0 Å². The third kappa shape index (κ3) is 9.99. The van der Waals surface area contributed by atoms with Crippen LogP contribution in [-0.2, 0) is 25.7 Å². The quantitative estimate of drug-likeness (QED) is 0.104. The van der Waals surface area contributed by atoms with E-state index in [1.54, 1.807) is 30.6 Å². The van der Waals surface area contributed by atoms with Crippen LogP contribution in [0.15, 0.2) is 78.0 Å². The number of thioether (sulfide) groups is 1. The number of carbonyl (C=O) groups excluding carboxylic acids is 6. The fraction of sp³-hybridized carbons (Fsp3) is 0.432. The average molecular weight is 791 g/mol. The zero-order valence-electron chi connectivity index (χ0n) is 32.2. The highest BCUT2D eigenvalue weighted by Gasteiger charge is 2.40. The molecular formula is C44H50N6O6S. The molecule has 4 aliphatic heterocycles. The van der Waals surface area contributed by atoms with E-state index >= 15 is 0 Å². The number of unbranched alkanes of at least 4 members (excludes halogenated alkanes) is 1. The Morgan fingerprint density at radius 3 is 2.39 bits per heavy atom. The minimum atomic E-state index is -0.674. The van der Waals surface area contributed by atoms with E-state index in [1.165, 1.54) is 22.2 Å². The molecule has 4 aliphatic rings. The molecule has 13 heteroatoms. The Bertz CT molecular complexity index is 1990. The van der Waals surface area contributed by atoms with Crippen LogP contribution in [0.25, 0.3) is 6.08 Å². The summed E-state index contributed by atoms with van der Waals surface area (Å²) in [6.45, 7) is 3.78. The number of fused-ring (bicyclic) bond motifs is 1. The van der Waals surface area contributed by atoms with Gasteiger partial charge < -0.3 is 20.0 Å². The van der Waals surface area contributed by atoms with E-state index in [9.17, 15) is 28.8 Å². The summed E-state index contributed by atoms with van der Waals surface area (Å²) in [6.07, 6.45) is 14.0. The van der Waals surface area contributed by atoms with Crippen molar-refractivity contribution < 1.29 is 28.8 Å². The second-order valence-corrected chi connectivity index (χ2v) is 16.4. The molecule has 3 saturated heterocycles. The predicted octanol–water partition coefficient (Wildman–Crippen LogP) is 5.19. The lowest BCUT2D eigenvalue weighted by Crippen LogP contribution is -2.52. The lowest BCUT2D eigenvalue weighted by Gasteiger charge is -2.33. The van der Waals surface area contributed by atoms with Gasteiger partial charge in [0.05, 0.1) is 5.75 Å². The van der Waals surface area contributed by atoms with Crippen molar-refractivity contribution in [1.82, 2.24) is 30.3 Å². The van der Waals surface area contributed by atoms with E-state index in [0.717, 1.165) is 74.1 Å². The molecule has 0 bridgehead atoms. The third-order valence-electron chi connectivity index (χ3n) is 11.7. The van der Waals surface area contributed by atoms with E-state index in [4.69, 9.17) is 0 Å². The smallest absolute Gasteiger partial charge is 0.255 e. The number of rotatable bonds is 13. The molecule has 298 valence electrons. The lowest BCUT2D eigenvalue weighted by molar-refractivity contribution is -0.137. The van der Waals surface area contributed by atoms with Gasteiger partial charge in [0, 0.05) is 80.2 Å². The first-order chi connectivity index (χ1) is 27.7. The number of hydrogen-bond donors (Lipinski definition) is 2. The number of likely N-dealkylation sites (tertiary alicyclic amines) is 2. The molecule has 1 aromatic heterocycles. The van der Waals surface area contributed by atoms with Gasteiger partial charge in [-0.15, -0.1) is 11.8 Å². The van der Waals surface area contributed by atoms with Crippen LogP contribution in [0.1, 0.15) is 101 Å². The summed E-state index contributed by atoms with van der Waals surface area (Å²) in [5, 5.41) is 5.29. The Morgan fingerprint density at radius 2 is 1.65 bits per heavy atom. The Labute approximate surface area is 337 Å². The molecule has 6 amide bonds. The van der Waals surface area contributed by atoms with Gasteiger partial charge >= 0.3 is 0 Å². The maximum Gasteiger partial charge on any atom is 0.255 e. The van der Waals surface area contributed by atoms with Gasteiger partial charge in [0.1, 0.15) is 6.04 Å². The van der Waals surface area contributed by atoms with Crippen molar-refractivity contribution in [3.8, 4) is 0 Å². The van der Waals surface area contributed by atoms with Gasteiger partial charge in [0.25, 0.3) is 11.8 Å². The molecule has 3 aromatic rings. The van der Waals surface area contributed by atoms with Gasteiger partial charge in [-0.1, -0.05) is 37.1 Å². The zero-order valence-corrected chi connectivity index (χ0v) is 33.0. The number of aromatic nitrogens is 1. The molecule has 12 nitrogen and oxygen atoms in total. The van der Waals surface area contributed by atoms with Crippen molar-refractivity contribution >= 4 is 53.3 Å². The summed E-state index contributed by atoms with van der Waals surface area (Å²) in [5.74, 6) is 0.238. The fourth-order valence-electron chi connectivity index (χ4n) is 8.37. The summed E-state index contributed by atoms with van der Waals surface area (Å²) in [4.78, 5) is 86.3. The second-order valence-electron chi connectivity index (χ2n) is 15.4. The topological polar surface area (TPSA) is 149 Å². The summed E-state index contributed by atoms with van der Waals surface area (Å²) >= 11 is 1.42. The Hall–Kier alpha value is -5.30. The third-order valence-corrected chi connectivity index (χ3v) is 12.8. The molecule has 2 N–H and O–H groups in total. The minimum absolute atomic E-state index is 0.0571. The molecular weight excluding hydrogens is 741 g/mol. The maximum atomic E-state index is 13.4. The molecule has 0 spiro atoms. The molecule has 0 radical (unpaired) electrons. The maximum absolute atomic E-state index is 13.4. The van der Waals surface area contributed by atoms with Crippen molar-refractivity contribution in [1.29, 1.82) is 0 Å². The SMILES string of the molecule is O=C(/C=C/c1cccnc1)NCCCCC1CCN(C(=O)c2ccc(C3CCN(C(=O)CSc4cccc5c4CN(C4CCC(=O)NC4=O)C5=O)CC3)cc2)CC1. The van der Waals surface area contributed by atoms with Gasteiger partial charge in [-0.25, -0.2) is 0 Å². The molecule has 1 unspecified atom stereocenters. The van der Waals surface area contributed by atoms with Crippen molar-refractivity contribution in [3.63, 3.8) is 0 Å². The summed E-state index contributed by atoms with van der Waals surface area (Å²) in [7, 11) is 0. The number of imide groups is 1. The summed E-state index contributed by atoms with van der Waals surface area (Å²) in [6, 6.07) is 16.6. The molecule has 3 fully saturated rings. The predicted molar refractivity (Wildman–Crippen MR) is 217 cm³/mol. The number of nitrogens with zero attached hydrogens (tertiary/aromatic N) is 4. The lowest BCUT2D eigenvalue weighted by atomic mass is 9.88. The highest BCUT2D eigenvalue weighted by molar-refractivity contribution is 8.00. The van der Waals surface area contributed by atoms with E-state index < -0.39 is 11.9 Å². The number of carbonyl (C=O) groups is 6. The van der Waals surface area contributed by atoms with Gasteiger partial charge in [0.15, 0.2) is 0 Å². The normalized spacial score (nSPS) is 19.2. The van der Waals surface area contributed by atoms with E-state index in [2.05, 4.69) is 27.8 Å². The van der Waals surface area contributed by atoms with Crippen molar-refractivity contribution in [3.05, 3.63) is 101 Å². The van der Waals surface area contributed by atoms with Crippen LogP contribution in [0.3, 0.4) is 0 Å². The zero-order chi connectivity index (χ0) is 39.7. The van der Waals surface area contributed by atoms with Crippen LogP contribution in [0, 0.1) is 5.92 Å². The van der Waals surface area contributed by atoms with Gasteiger partial charge in [0.2, 0.25) is 23.6 Å². The first kappa shape index (κ1) is 39.9. The number of nitrogens with one attached hydrogen (secondary N) is 2. The van der Waals surface area contributed by atoms with Crippen LogP contribution in [-0.4, -0.2) is 99.6 Å². The summed E-state index contributed by atoms with van der Waals surface area (Å²) in [5.41, 5.74) is 4.17. The molecule has 57 heavy (non-hydrogen) atoms. The minimum Gasteiger partial charge on any atom is -0.353 e. The highest BCUT2D eigenvalue weighted by Crippen LogP contribution is 2.35. The fourth-order valence-corrected chi connectivity index (χ4v) is 9.35. The van der Waals surface area contributed by atoms with Crippen LogP contribution >= 0.6 is 11.8 Å². The van der Waals surface area contributed by atoms with Crippen molar-refractivity contribution in [2.24, 2.45) is 5.92 Å². The van der Waals surface area contributed by atoms with Crippen LogP contribution in [0.4, 0.5) is 0 Å². The van der Waals surface area contributed by atoms with E-state index in [0.29, 0.717) is 49.0 Å². The standard InChI is InChI=1S/C44H50N6O6S/c51-39(15-9-31-6-4-21-45-27-31)46-22-2-1-5-30-17-23-49(24-18-30)43(55)34-12-10-32(11-13-34)33-19-25-48(26-20-33)41(53)29-57-38-8-3-7-35-36(38)28-50(44(35)56)37-14-16-40(52)47-42(37)54/h3-4,6-13,15,21,27,30,33,37H,1-2,5,14,16-20,22-26,28-29H2,(H,46,51)(H,47,52,54)/b15-9+. The van der Waals surface area contributed by atoms with E-state index in [1.807, 2.05) is 46.2 Å². The highest BCUT2D eigenvalue weighted by atomic mass is 32.2. The Morgan fingerprint density at radius 1 is 0.877 bits per heavy atom. The van der Waals surface area contributed by atoms with Crippen LogP contribution in [0.5, 0.6) is 0 Å². The molecule has 5 heterocycles. The van der Waals surface area contributed by atoms with Crippen molar-refractivity contribution in [2.75, 3.05) is 38.5 Å². The first-order valence-corrected chi connectivity index (χ1v) is 21.1. The van der Waals surface area contributed by atoms with E-state index in [-0.39, 0.29) is 48.3 Å². The largest absolute Gasteiger partial charge is 0.353 e. The average Bonchev–Trinajstić information content (AvgIpc) is 3.58. The van der Waals surface area contributed by atoms with Crippen LogP contribution < -0.4 is 10.6 Å². The second kappa shape index (κ2) is 18.8. The monoisotopic (exact) mass is 790 g/mol. The molecule has 0 saturated carbocycles. The van der Waals surface area contributed by atoms with Crippen molar-refractivity contribution in [2.45, 2.75) is 81.2 Å². The number of amides is 6. The van der Waals surface area contributed by atoms with Gasteiger partial charge in [-0.05, 0) is 103 Å². The number of benzene rings is 2. The number of hydrogen-bond acceptors (Lipinski definition) is 8. The molecule has 1 atom stereocenters. The van der Waals surface area contributed by atoms with Crippen LogP contribution in [0.2, 0.25) is 0 Å². The number of pyridine rings is 1. The molecule has 7 rings (SSSR count). The molecule has 2 aromatic carbocycles. The van der Waals surface area contributed by atoms with Gasteiger partial charge in [-0.3, -0.25) is 39.1 Å². The Kier molecular flexibility index (Phi) is 13.1. The molecule has 0 aliphatic carbocycles. The number of piperidine rings is 3. The summed E-state index contributed by atoms with van der Waals surface area (Å²) < 4.78 is 0. The Balaban J connectivity index is 0.795.